The van der Waals surface area contributed by atoms with Crippen molar-refractivity contribution in [2.45, 2.75) is 52.0 Å². The van der Waals surface area contributed by atoms with Crippen LogP contribution in [0.2, 0.25) is 0 Å². The van der Waals surface area contributed by atoms with Crippen molar-refractivity contribution in [3.63, 3.8) is 0 Å². The Morgan fingerprint density at radius 3 is 1.60 bits per heavy atom. The minimum atomic E-state index is -0.611. The molecule has 0 aromatic heterocycles. The summed E-state index contributed by atoms with van der Waals surface area (Å²) in [6, 6.07) is 20.9. The third kappa shape index (κ3) is 5.47. The maximum Gasteiger partial charge on any atom is 0.494 e. The van der Waals surface area contributed by atoms with E-state index >= 15 is 4.39 Å². The molecular formula is C28H33BFNO4. The Morgan fingerprint density at radius 1 is 0.743 bits per heavy atom. The van der Waals surface area contributed by atoms with Gasteiger partial charge in [0.15, 0.2) is 0 Å². The summed E-state index contributed by atoms with van der Waals surface area (Å²) in [5, 5.41) is 0. The number of anilines is 1. The minimum Gasteiger partial charge on any atom is -0.497 e. The van der Waals surface area contributed by atoms with Gasteiger partial charge in [-0.1, -0.05) is 30.3 Å². The van der Waals surface area contributed by atoms with Crippen LogP contribution in [0.5, 0.6) is 11.5 Å². The minimum absolute atomic E-state index is 0.320. The van der Waals surface area contributed by atoms with E-state index in [2.05, 4.69) is 0 Å². The quantitative estimate of drug-likeness (QED) is 0.409. The van der Waals surface area contributed by atoms with Crippen LogP contribution < -0.4 is 19.8 Å². The Balaban J connectivity index is 1.62. The lowest BCUT2D eigenvalue weighted by Crippen LogP contribution is -2.41. The van der Waals surface area contributed by atoms with E-state index < -0.39 is 18.3 Å². The fourth-order valence-electron chi connectivity index (χ4n) is 4.03. The van der Waals surface area contributed by atoms with Gasteiger partial charge < -0.3 is 23.7 Å². The predicted molar refractivity (Wildman–Crippen MR) is 138 cm³/mol. The smallest absolute Gasteiger partial charge is 0.494 e. The Morgan fingerprint density at radius 2 is 1.20 bits per heavy atom. The molecule has 7 heteroatoms. The highest BCUT2D eigenvalue weighted by atomic mass is 19.1. The largest absolute Gasteiger partial charge is 0.497 e. The predicted octanol–water partition coefficient (Wildman–Crippen LogP) is 5.35. The molecule has 0 amide bonds. The third-order valence-electron chi connectivity index (χ3n) is 6.90. The van der Waals surface area contributed by atoms with Crippen molar-refractivity contribution in [1.29, 1.82) is 0 Å². The average Bonchev–Trinajstić information content (AvgIpc) is 3.06. The summed E-state index contributed by atoms with van der Waals surface area (Å²) in [6.07, 6.45) is 0. The Labute approximate surface area is 207 Å². The fourth-order valence-corrected chi connectivity index (χ4v) is 4.03. The molecule has 0 N–H and O–H groups in total. The molecule has 0 unspecified atom stereocenters. The monoisotopic (exact) mass is 477 g/mol. The van der Waals surface area contributed by atoms with Gasteiger partial charge in [0.1, 0.15) is 17.3 Å². The molecule has 3 aromatic carbocycles. The van der Waals surface area contributed by atoms with E-state index in [1.165, 1.54) is 6.07 Å². The number of ether oxygens (including phenoxy) is 2. The van der Waals surface area contributed by atoms with Crippen LogP contribution in [0.4, 0.5) is 10.1 Å². The summed E-state index contributed by atoms with van der Waals surface area (Å²) < 4.78 is 38.4. The second-order valence-electron chi connectivity index (χ2n) is 9.85. The molecule has 0 bridgehead atoms. The first-order valence-corrected chi connectivity index (χ1v) is 11.8. The van der Waals surface area contributed by atoms with Gasteiger partial charge in [-0.3, -0.25) is 0 Å². The van der Waals surface area contributed by atoms with Gasteiger partial charge >= 0.3 is 7.12 Å². The zero-order valence-electron chi connectivity index (χ0n) is 21.3. The van der Waals surface area contributed by atoms with E-state index in [-0.39, 0.29) is 5.82 Å². The van der Waals surface area contributed by atoms with Gasteiger partial charge in [-0.25, -0.2) is 4.39 Å². The van der Waals surface area contributed by atoms with Crippen LogP contribution in [0.25, 0.3) is 0 Å². The third-order valence-corrected chi connectivity index (χ3v) is 6.90. The molecule has 1 fully saturated rings. The Bertz CT molecular complexity index is 1080. The van der Waals surface area contributed by atoms with Crippen LogP contribution in [-0.2, 0) is 22.4 Å². The summed E-state index contributed by atoms with van der Waals surface area (Å²) in [7, 11) is 2.67. The lowest BCUT2D eigenvalue weighted by atomic mass is 9.79. The SMILES string of the molecule is COc1ccc(CN(Cc2ccc(OC)cc2)c2ccc(B3OC(C)(C)C(C)(C)O3)cc2F)cc1. The van der Waals surface area contributed by atoms with Crippen molar-refractivity contribution in [3.8, 4) is 11.5 Å². The fraction of sp³-hybridized carbons (Fsp3) is 0.357. The summed E-state index contributed by atoms with van der Waals surface area (Å²) >= 11 is 0. The molecule has 0 atom stereocenters. The molecule has 4 rings (SSSR count). The summed E-state index contributed by atoms with van der Waals surface area (Å²) in [6.45, 7) is 9.02. The van der Waals surface area contributed by atoms with Gasteiger partial charge in [0.25, 0.3) is 0 Å². The van der Waals surface area contributed by atoms with Crippen molar-refractivity contribution in [2.75, 3.05) is 19.1 Å². The highest BCUT2D eigenvalue weighted by molar-refractivity contribution is 6.62. The van der Waals surface area contributed by atoms with Crippen LogP contribution in [0.1, 0.15) is 38.8 Å². The van der Waals surface area contributed by atoms with Gasteiger partial charge in [-0.2, -0.15) is 0 Å². The average molecular weight is 477 g/mol. The second-order valence-corrected chi connectivity index (χ2v) is 9.85. The first-order chi connectivity index (χ1) is 16.6. The van der Waals surface area contributed by atoms with E-state index in [1.807, 2.05) is 93.3 Å². The number of methoxy groups -OCH3 is 2. The molecule has 3 aromatic rings. The lowest BCUT2D eigenvalue weighted by molar-refractivity contribution is 0.00578. The first-order valence-electron chi connectivity index (χ1n) is 11.8. The topological polar surface area (TPSA) is 40.2 Å². The highest BCUT2D eigenvalue weighted by Gasteiger charge is 2.51. The van der Waals surface area contributed by atoms with Gasteiger partial charge in [0, 0.05) is 13.1 Å². The second kappa shape index (κ2) is 9.92. The molecule has 184 valence electrons. The molecule has 1 heterocycles. The maximum absolute atomic E-state index is 15.6. The van der Waals surface area contributed by atoms with Gasteiger partial charge in [-0.15, -0.1) is 0 Å². The molecule has 1 saturated heterocycles. The van der Waals surface area contributed by atoms with Crippen LogP contribution in [0.3, 0.4) is 0 Å². The van der Waals surface area contributed by atoms with Crippen molar-refractivity contribution >= 4 is 18.3 Å². The Kier molecular flexibility index (Phi) is 7.11. The van der Waals surface area contributed by atoms with Crippen molar-refractivity contribution in [3.05, 3.63) is 83.7 Å². The number of hydrogen-bond acceptors (Lipinski definition) is 5. The molecule has 1 aliphatic heterocycles. The van der Waals surface area contributed by atoms with Crippen molar-refractivity contribution < 1.29 is 23.2 Å². The highest BCUT2D eigenvalue weighted by Crippen LogP contribution is 2.37. The van der Waals surface area contributed by atoms with Crippen molar-refractivity contribution in [1.82, 2.24) is 0 Å². The van der Waals surface area contributed by atoms with Crippen LogP contribution in [0, 0.1) is 5.82 Å². The van der Waals surface area contributed by atoms with Gasteiger partial charge in [0.2, 0.25) is 0 Å². The Hall–Kier alpha value is -3.03. The summed E-state index contributed by atoms with van der Waals surface area (Å²) in [4.78, 5) is 2.02. The van der Waals surface area contributed by atoms with Crippen molar-refractivity contribution in [2.24, 2.45) is 0 Å². The summed E-state index contributed by atoms with van der Waals surface area (Å²) in [5.74, 6) is 1.25. The molecule has 0 radical (unpaired) electrons. The van der Waals surface area contributed by atoms with E-state index in [4.69, 9.17) is 18.8 Å². The normalized spacial score (nSPS) is 16.3. The number of nitrogens with zero attached hydrogens (tertiary/aromatic N) is 1. The van der Waals surface area contributed by atoms with E-state index in [1.54, 1.807) is 14.2 Å². The number of benzene rings is 3. The zero-order valence-corrected chi connectivity index (χ0v) is 21.3. The molecule has 1 aliphatic rings. The van der Waals surface area contributed by atoms with E-state index in [0.29, 0.717) is 24.2 Å². The van der Waals surface area contributed by atoms with Crippen LogP contribution in [-0.4, -0.2) is 32.5 Å². The van der Waals surface area contributed by atoms with E-state index in [0.717, 1.165) is 22.6 Å². The molecular weight excluding hydrogens is 444 g/mol. The maximum atomic E-state index is 15.6. The van der Waals surface area contributed by atoms with Crippen LogP contribution in [0.15, 0.2) is 66.7 Å². The molecule has 0 spiro atoms. The number of halogens is 1. The number of rotatable bonds is 8. The molecule has 35 heavy (non-hydrogen) atoms. The standard InChI is InChI=1S/C28H33BFNO4/c1-27(2)28(3,4)35-29(34-27)22-11-16-26(25(30)17-22)31(18-20-7-12-23(32-5)13-8-20)19-21-9-14-24(33-6)15-10-21/h7-17H,18-19H2,1-6H3. The lowest BCUT2D eigenvalue weighted by Gasteiger charge is -2.32. The summed E-state index contributed by atoms with van der Waals surface area (Å²) in [5.41, 5.74) is 2.31. The molecule has 5 nitrogen and oxygen atoms in total. The number of hydrogen-bond donors (Lipinski definition) is 0. The van der Waals surface area contributed by atoms with Gasteiger partial charge in [-0.05, 0) is 80.7 Å². The van der Waals surface area contributed by atoms with Gasteiger partial charge in [0.05, 0.1) is 31.1 Å². The zero-order chi connectivity index (χ0) is 25.2. The van der Waals surface area contributed by atoms with E-state index in [9.17, 15) is 0 Å². The molecule has 0 aliphatic carbocycles. The molecule has 0 saturated carbocycles. The van der Waals surface area contributed by atoms with Crippen LogP contribution >= 0.6 is 0 Å². The first kappa shape index (κ1) is 25.1.